The zero-order valence-corrected chi connectivity index (χ0v) is 14.2. The maximum absolute atomic E-state index is 10.7. The fourth-order valence-corrected chi connectivity index (χ4v) is 3.28. The summed E-state index contributed by atoms with van der Waals surface area (Å²) in [5.41, 5.74) is 2.38. The van der Waals surface area contributed by atoms with E-state index in [9.17, 15) is 4.79 Å². The van der Waals surface area contributed by atoms with Crippen molar-refractivity contribution < 1.29 is 4.79 Å². The number of rotatable bonds is 7. The number of aryl methyl sites for hydroxylation is 1. The van der Waals surface area contributed by atoms with Gasteiger partial charge in [0.05, 0.1) is 0 Å². The van der Waals surface area contributed by atoms with E-state index >= 15 is 0 Å². The minimum Gasteiger partial charge on any atom is -0.339 e. The van der Waals surface area contributed by atoms with Gasteiger partial charge < -0.3 is 10.2 Å². The van der Waals surface area contributed by atoms with E-state index in [4.69, 9.17) is 0 Å². The van der Waals surface area contributed by atoms with Crippen LogP contribution in [0.2, 0.25) is 0 Å². The summed E-state index contributed by atoms with van der Waals surface area (Å²) in [7, 11) is 0. The Morgan fingerprint density at radius 3 is 2.42 bits per heavy atom. The molecule has 0 unspecified atom stereocenters. The standard InChI is InChI=1S/C18H18N4OS/c1-14-17(20-13-23)21-18(24-14)22(11-15-5-3-2-4-6-15)12-16-7-9-19-10-8-16/h2-10,13H,11-12H2,1H3,(H,20,23). The number of carbonyl (C=O) groups is 1. The van der Waals surface area contributed by atoms with Crippen LogP contribution in [0.3, 0.4) is 0 Å². The highest BCUT2D eigenvalue weighted by atomic mass is 32.1. The molecule has 122 valence electrons. The molecule has 5 nitrogen and oxygen atoms in total. The lowest BCUT2D eigenvalue weighted by atomic mass is 10.2. The van der Waals surface area contributed by atoms with E-state index in [0.717, 1.165) is 23.1 Å². The molecule has 1 aromatic carbocycles. The van der Waals surface area contributed by atoms with Crippen LogP contribution in [0.25, 0.3) is 0 Å². The average molecular weight is 338 g/mol. The van der Waals surface area contributed by atoms with E-state index in [-0.39, 0.29) is 0 Å². The van der Waals surface area contributed by atoms with Gasteiger partial charge in [0.15, 0.2) is 5.13 Å². The van der Waals surface area contributed by atoms with Crippen molar-refractivity contribution in [3.05, 3.63) is 70.9 Å². The molecule has 0 aliphatic rings. The summed E-state index contributed by atoms with van der Waals surface area (Å²) in [6.45, 7) is 3.43. The molecular formula is C18H18N4OS. The lowest BCUT2D eigenvalue weighted by Gasteiger charge is -2.22. The van der Waals surface area contributed by atoms with Crippen molar-refractivity contribution in [1.82, 2.24) is 9.97 Å². The van der Waals surface area contributed by atoms with Crippen LogP contribution in [0.1, 0.15) is 16.0 Å². The van der Waals surface area contributed by atoms with Crippen LogP contribution in [-0.2, 0) is 17.9 Å². The fourth-order valence-electron chi connectivity index (χ4n) is 2.41. The summed E-state index contributed by atoms with van der Waals surface area (Å²) in [6.07, 6.45) is 4.25. The van der Waals surface area contributed by atoms with Gasteiger partial charge in [-0.25, -0.2) is 4.98 Å². The Hall–Kier alpha value is -2.73. The van der Waals surface area contributed by atoms with Crippen LogP contribution in [0, 0.1) is 6.92 Å². The van der Waals surface area contributed by atoms with Crippen LogP contribution in [0.15, 0.2) is 54.9 Å². The van der Waals surface area contributed by atoms with Crippen molar-refractivity contribution >= 4 is 28.7 Å². The second kappa shape index (κ2) is 7.70. The molecule has 1 amide bonds. The third-order valence-corrected chi connectivity index (χ3v) is 4.62. The zero-order valence-electron chi connectivity index (χ0n) is 13.3. The molecule has 3 aromatic rings. The van der Waals surface area contributed by atoms with Crippen LogP contribution in [-0.4, -0.2) is 16.4 Å². The molecule has 24 heavy (non-hydrogen) atoms. The Morgan fingerprint density at radius 2 is 1.75 bits per heavy atom. The Kier molecular flexibility index (Phi) is 5.18. The van der Waals surface area contributed by atoms with Crippen LogP contribution in [0.5, 0.6) is 0 Å². The van der Waals surface area contributed by atoms with Gasteiger partial charge in [-0.1, -0.05) is 41.7 Å². The maximum atomic E-state index is 10.7. The second-order valence-electron chi connectivity index (χ2n) is 5.36. The molecule has 2 heterocycles. The van der Waals surface area contributed by atoms with Gasteiger partial charge in [-0.3, -0.25) is 9.78 Å². The molecule has 2 aromatic heterocycles. The first kappa shape index (κ1) is 16.1. The number of carbonyl (C=O) groups excluding carboxylic acids is 1. The van der Waals surface area contributed by atoms with Gasteiger partial charge in [0.25, 0.3) is 0 Å². The number of aromatic nitrogens is 2. The normalized spacial score (nSPS) is 10.4. The summed E-state index contributed by atoms with van der Waals surface area (Å²) in [5.74, 6) is 0.623. The Bertz CT molecular complexity index is 748. The third kappa shape index (κ3) is 3.97. The predicted octanol–water partition coefficient (Wildman–Crippen LogP) is 3.62. The van der Waals surface area contributed by atoms with E-state index in [0.29, 0.717) is 12.2 Å². The van der Waals surface area contributed by atoms with Crippen molar-refractivity contribution in [3.63, 3.8) is 0 Å². The van der Waals surface area contributed by atoms with Crippen molar-refractivity contribution in [1.29, 1.82) is 0 Å². The van der Waals surface area contributed by atoms with Gasteiger partial charge in [0.1, 0.15) is 5.82 Å². The number of nitrogens with zero attached hydrogens (tertiary/aromatic N) is 3. The summed E-state index contributed by atoms with van der Waals surface area (Å²) >= 11 is 1.58. The van der Waals surface area contributed by atoms with E-state index < -0.39 is 0 Å². The molecule has 0 fully saturated rings. The number of pyridine rings is 1. The maximum Gasteiger partial charge on any atom is 0.212 e. The number of anilines is 2. The van der Waals surface area contributed by atoms with Crippen molar-refractivity contribution in [3.8, 4) is 0 Å². The molecule has 0 aliphatic heterocycles. The molecule has 0 saturated carbocycles. The first-order chi connectivity index (χ1) is 11.8. The quantitative estimate of drug-likeness (QED) is 0.669. The van der Waals surface area contributed by atoms with Crippen molar-refractivity contribution in [2.75, 3.05) is 10.2 Å². The third-order valence-electron chi connectivity index (χ3n) is 3.59. The van der Waals surface area contributed by atoms with E-state index in [1.165, 1.54) is 11.1 Å². The molecule has 0 saturated heterocycles. The molecule has 0 atom stereocenters. The van der Waals surface area contributed by atoms with Crippen LogP contribution >= 0.6 is 11.3 Å². The summed E-state index contributed by atoms with van der Waals surface area (Å²) in [5, 5.41) is 3.55. The molecule has 0 radical (unpaired) electrons. The number of nitrogens with one attached hydrogen (secondary N) is 1. The van der Waals surface area contributed by atoms with E-state index in [2.05, 4.69) is 32.3 Å². The molecule has 6 heteroatoms. The van der Waals surface area contributed by atoms with Gasteiger partial charge in [-0.05, 0) is 30.2 Å². The van der Waals surface area contributed by atoms with Gasteiger partial charge in [0, 0.05) is 30.4 Å². The van der Waals surface area contributed by atoms with Gasteiger partial charge in [0.2, 0.25) is 6.41 Å². The van der Waals surface area contributed by atoms with E-state index in [1.807, 2.05) is 37.3 Å². The number of hydrogen-bond donors (Lipinski definition) is 1. The van der Waals surface area contributed by atoms with Crippen LogP contribution < -0.4 is 10.2 Å². The molecule has 0 spiro atoms. The summed E-state index contributed by atoms with van der Waals surface area (Å²) in [6, 6.07) is 14.3. The lowest BCUT2D eigenvalue weighted by Crippen LogP contribution is -2.22. The summed E-state index contributed by atoms with van der Waals surface area (Å²) in [4.78, 5) is 22.6. The Balaban J connectivity index is 1.89. The van der Waals surface area contributed by atoms with E-state index in [1.54, 1.807) is 23.7 Å². The smallest absolute Gasteiger partial charge is 0.212 e. The first-order valence-electron chi connectivity index (χ1n) is 7.61. The molecule has 1 N–H and O–H groups in total. The second-order valence-corrected chi connectivity index (χ2v) is 6.54. The topological polar surface area (TPSA) is 58.1 Å². The van der Waals surface area contributed by atoms with Gasteiger partial charge in [-0.2, -0.15) is 0 Å². The number of thiazole rings is 1. The highest BCUT2D eigenvalue weighted by molar-refractivity contribution is 7.16. The number of hydrogen-bond acceptors (Lipinski definition) is 5. The molecule has 3 rings (SSSR count). The Morgan fingerprint density at radius 1 is 1.08 bits per heavy atom. The largest absolute Gasteiger partial charge is 0.339 e. The lowest BCUT2D eigenvalue weighted by molar-refractivity contribution is -0.105. The Labute approximate surface area is 145 Å². The monoisotopic (exact) mass is 338 g/mol. The molecular weight excluding hydrogens is 320 g/mol. The van der Waals surface area contributed by atoms with Crippen molar-refractivity contribution in [2.45, 2.75) is 20.0 Å². The van der Waals surface area contributed by atoms with Crippen LogP contribution in [0.4, 0.5) is 10.9 Å². The summed E-state index contributed by atoms with van der Waals surface area (Å²) < 4.78 is 0. The van der Waals surface area contributed by atoms with Gasteiger partial charge >= 0.3 is 0 Å². The minimum absolute atomic E-state index is 0.623. The predicted molar refractivity (Wildman–Crippen MR) is 97.1 cm³/mol. The zero-order chi connectivity index (χ0) is 16.8. The average Bonchev–Trinajstić information content (AvgIpc) is 2.97. The van der Waals surface area contributed by atoms with Crippen molar-refractivity contribution in [2.24, 2.45) is 0 Å². The molecule has 0 aliphatic carbocycles. The number of amides is 1. The SMILES string of the molecule is Cc1sc(N(Cc2ccccc2)Cc2ccncc2)nc1NC=O. The molecule has 0 bridgehead atoms. The highest BCUT2D eigenvalue weighted by Gasteiger charge is 2.15. The highest BCUT2D eigenvalue weighted by Crippen LogP contribution is 2.30. The van der Waals surface area contributed by atoms with Gasteiger partial charge in [-0.15, -0.1) is 0 Å². The number of benzene rings is 1. The fraction of sp³-hybridized carbons (Fsp3) is 0.167. The first-order valence-corrected chi connectivity index (χ1v) is 8.43. The minimum atomic E-state index is 0.623.